The van der Waals surface area contributed by atoms with Gasteiger partial charge in [-0.2, -0.15) is 5.26 Å². The smallest absolute Gasteiger partial charge is 0.373 e. The number of carbonyl (C=O) groups is 2. The predicted molar refractivity (Wildman–Crippen MR) is 60.1 cm³/mol. The third-order valence-corrected chi connectivity index (χ3v) is 2.49. The lowest BCUT2D eigenvalue weighted by Crippen LogP contribution is -2.11. The molecule has 0 saturated carbocycles. The fourth-order valence-electron chi connectivity index (χ4n) is 1.65. The van der Waals surface area contributed by atoms with Crippen molar-refractivity contribution in [2.75, 3.05) is 0 Å². The molecule has 0 saturated heterocycles. The summed E-state index contributed by atoms with van der Waals surface area (Å²) in [5.74, 6) is -2.03. The van der Waals surface area contributed by atoms with E-state index in [1.54, 1.807) is 0 Å². The lowest BCUT2D eigenvalue weighted by molar-refractivity contribution is -0.182. The van der Waals surface area contributed by atoms with Gasteiger partial charge in [-0.05, 0) is 30.5 Å². The van der Waals surface area contributed by atoms with Crippen LogP contribution in [0.1, 0.15) is 46.0 Å². The summed E-state index contributed by atoms with van der Waals surface area (Å²) in [4.78, 5) is 26.0. The SMILES string of the molecule is CCCCc1c(C(=O)O)cccc1C(=O)OO. The van der Waals surface area contributed by atoms with E-state index in [-0.39, 0.29) is 11.1 Å². The second-order valence-electron chi connectivity index (χ2n) is 3.62. The molecule has 0 spiro atoms. The molecule has 5 heteroatoms. The van der Waals surface area contributed by atoms with Gasteiger partial charge in [-0.1, -0.05) is 19.4 Å². The van der Waals surface area contributed by atoms with Gasteiger partial charge < -0.3 is 5.11 Å². The van der Waals surface area contributed by atoms with Crippen LogP contribution in [0.5, 0.6) is 0 Å². The summed E-state index contributed by atoms with van der Waals surface area (Å²) in [5, 5.41) is 17.4. The number of unbranched alkanes of at least 4 members (excludes halogenated alkanes) is 1. The Morgan fingerprint density at radius 2 is 1.94 bits per heavy atom. The first-order valence-corrected chi connectivity index (χ1v) is 5.32. The maximum Gasteiger partial charge on any atom is 0.373 e. The fourth-order valence-corrected chi connectivity index (χ4v) is 1.65. The second kappa shape index (κ2) is 6.00. The van der Waals surface area contributed by atoms with Gasteiger partial charge in [0.25, 0.3) is 0 Å². The van der Waals surface area contributed by atoms with E-state index in [4.69, 9.17) is 10.4 Å². The number of carboxylic acids is 1. The van der Waals surface area contributed by atoms with E-state index in [9.17, 15) is 9.59 Å². The van der Waals surface area contributed by atoms with Crippen molar-refractivity contribution in [3.8, 4) is 0 Å². The first-order chi connectivity index (χ1) is 8.11. The molecule has 17 heavy (non-hydrogen) atoms. The number of carbonyl (C=O) groups excluding carboxylic acids is 1. The molecule has 0 aliphatic heterocycles. The molecule has 92 valence electrons. The van der Waals surface area contributed by atoms with Crippen LogP contribution in [0.3, 0.4) is 0 Å². The molecule has 0 radical (unpaired) electrons. The topological polar surface area (TPSA) is 83.8 Å². The van der Waals surface area contributed by atoms with Crippen molar-refractivity contribution < 1.29 is 24.8 Å². The number of hydrogen-bond donors (Lipinski definition) is 2. The Kier molecular flexibility index (Phi) is 4.66. The van der Waals surface area contributed by atoms with Crippen molar-refractivity contribution in [2.45, 2.75) is 26.2 Å². The van der Waals surface area contributed by atoms with E-state index >= 15 is 0 Å². The molecule has 0 aromatic heterocycles. The van der Waals surface area contributed by atoms with Gasteiger partial charge in [-0.15, -0.1) is 0 Å². The number of hydrogen-bond acceptors (Lipinski definition) is 4. The van der Waals surface area contributed by atoms with E-state index in [2.05, 4.69) is 4.89 Å². The molecule has 0 fully saturated rings. The Morgan fingerprint density at radius 1 is 1.29 bits per heavy atom. The lowest BCUT2D eigenvalue weighted by Gasteiger charge is -2.09. The summed E-state index contributed by atoms with van der Waals surface area (Å²) >= 11 is 0. The highest BCUT2D eigenvalue weighted by molar-refractivity contribution is 5.97. The number of benzene rings is 1. The van der Waals surface area contributed by atoms with Crippen molar-refractivity contribution >= 4 is 11.9 Å². The van der Waals surface area contributed by atoms with Gasteiger partial charge in [0, 0.05) is 0 Å². The van der Waals surface area contributed by atoms with Crippen molar-refractivity contribution in [3.63, 3.8) is 0 Å². The zero-order valence-electron chi connectivity index (χ0n) is 9.47. The molecule has 0 bridgehead atoms. The average molecular weight is 238 g/mol. The zero-order chi connectivity index (χ0) is 12.8. The van der Waals surface area contributed by atoms with Gasteiger partial charge in [-0.25, -0.2) is 9.59 Å². The predicted octanol–water partition coefficient (Wildman–Crippen LogP) is 2.36. The molecule has 5 nitrogen and oxygen atoms in total. The molecule has 2 N–H and O–H groups in total. The minimum atomic E-state index is -1.09. The van der Waals surface area contributed by atoms with Crippen LogP contribution in [0.15, 0.2) is 18.2 Å². The molecule has 0 aliphatic carbocycles. The summed E-state index contributed by atoms with van der Waals surface area (Å²) in [7, 11) is 0. The highest BCUT2D eigenvalue weighted by atomic mass is 17.1. The molecule has 1 rings (SSSR count). The molecular weight excluding hydrogens is 224 g/mol. The van der Waals surface area contributed by atoms with Crippen LogP contribution in [-0.4, -0.2) is 22.3 Å². The summed E-state index contributed by atoms with van der Waals surface area (Å²) < 4.78 is 0. The van der Waals surface area contributed by atoms with E-state index in [1.165, 1.54) is 18.2 Å². The largest absolute Gasteiger partial charge is 0.478 e. The van der Waals surface area contributed by atoms with Crippen LogP contribution in [0.25, 0.3) is 0 Å². The Morgan fingerprint density at radius 3 is 2.47 bits per heavy atom. The summed E-state index contributed by atoms with van der Waals surface area (Å²) in [6.07, 6.45) is 2.10. The Balaban J connectivity index is 3.23. The maximum absolute atomic E-state index is 11.3. The van der Waals surface area contributed by atoms with E-state index in [1.807, 2.05) is 6.92 Å². The monoisotopic (exact) mass is 238 g/mol. The highest BCUT2D eigenvalue weighted by Gasteiger charge is 2.19. The number of aromatic carboxylic acids is 1. The lowest BCUT2D eigenvalue weighted by atomic mass is 9.96. The molecule has 0 amide bonds. The van der Waals surface area contributed by atoms with Gasteiger partial charge in [-0.3, -0.25) is 4.89 Å². The minimum Gasteiger partial charge on any atom is -0.478 e. The fraction of sp³-hybridized carbons (Fsp3) is 0.333. The summed E-state index contributed by atoms with van der Waals surface area (Å²) in [6.45, 7) is 1.97. The Bertz CT molecular complexity index is 425. The van der Waals surface area contributed by atoms with E-state index in [0.717, 1.165) is 12.8 Å². The van der Waals surface area contributed by atoms with Crippen LogP contribution in [-0.2, 0) is 11.3 Å². The summed E-state index contributed by atoms with van der Waals surface area (Å²) in [6, 6.07) is 4.32. The first kappa shape index (κ1) is 13.2. The Labute approximate surface area is 98.6 Å². The molecule has 0 aliphatic rings. The zero-order valence-corrected chi connectivity index (χ0v) is 9.47. The average Bonchev–Trinajstić information content (AvgIpc) is 2.34. The number of carboxylic acid groups (broad SMARTS) is 1. The van der Waals surface area contributed by atoms with Crippen molar-refractivity contribution in [2.24, 2.45) is 0 Å². The van der Waals surface area contributed by atoms with Gasteiger partial charge in [0.15, 0.2) is 0 Å². The molecular formula is C12H14O5. The van der Waals surface area contributed by atoms with Gasteiger partial charge >= 0.3 is 11.9 Å². The normalized spacial score (nSPS) is 10.0. The first-order valence-electron chi connectivity index (χ1n) is 5.32. The van der Waals surface area contributed by atoms with Crippen molar-refractivity contribution in [1.82, 2.24) is 0 Å². The quantitative estimate of drug-likeness (QED) is 0.607. The third kappa shape index (κ3) is 3.04. The molecule has 1 aromatic rings. The standard InChI is InChI=1S/C12H14O5/c1-2-3-5-8-9(11(13)14)6-4-7-10(8)12(15)17-16/h4,6-7,16H,2-3,5H2,1H3,(H,13,14). The van der Waals surface area contributed by atoms with E-state index < -0.39 is 11.9 Å². The molecule has 0 unspecified atom stereocenters. The number of rotatable bonds is 5. The van der Waals surface area contributed by atoms with Crippen LogP contribution in [0.2, 0.25) is 0 Å². The molecule has 1 aromatic carbocycles. The van der Waals surface area contributed by atoms with Crippen molar-refractivity contribution in [3.05, 3.63) is 34.9 Å². The maximum atomic E-state index is 11.3. The van der Waals surface area contributed by atoms with Gasteiger partial charge in [0.2, 0.25) is 0 Å². The van der Waals surface area contributed by atoms with Crippen LogP contribution in [0.4, 0.5) is 0 Å². The minimum absolute atomic E-state index is 0.0707. The highest BCUT2D eigenvalue weighted by Crippen LogP contribution is 2.18. The third-order valence-electron chi connectivity index (χ3n) is 2.49. The van der Waals surface area contributed by atoms with E-state index in [0.29, 0.717) is 12.0 Å². The Hall–Kier alpha value is -1.88. The summed E-state index contributed by atoms with van der Waals surface area (Å²) in [5.41, 5.74) is 0.572. The second-order valence-corrected chi connectivity index (χ2v) is 3.62. The molecule has 0 heterocycles. The molecule has 0 atom stereocenters. The van der Waals surface area contributed by atoms with Gasteiger partial charge in [0.05, 0.1) is 11.1 Å². The van der Waals surface area contributed by atoms with Crippen LogP contribution in [0, 0.1) is 0 Å². The van der Waals surface area contributed by atoms with Crippen LogP contribution >= 0.6 is 0 Å². The van der Waals surface area contributed by atoms with Crippen LogP contribution < -0.4 is 0 Å². The van der Waals surface area contributed by atoms with Crippen molar-refractivity contribution in [1.29, 1.82) is 0 Å². The van der Waals surface area contributed by atoms with Gasteiger partial charge in [0.1, 0.15) is 0 Å².